The van der Waals surface area contributed by atoms with Gasteiger partial charge < -0.3 is 15.2 Å². The van der Waals surface area contributed by atoms with Crippen molar-refractivity contribution >= 4 is 23.2 Å². The Kier molecular flexibility index (Phi) is 7.43. The second-order valence-corrected chi connectivity index (χ2v) is 9.11. The van der Waals surface area contributed by atoms with Crippen LogP contribution in [0, 0.1) is 6.92 Å². The van der Waals surface area contributed by atoms with Crippen molar-refractivity contribution in [2.75, 3.05) is 31.6 Å². The minimum Gasteiger partial charge on any atom is -0.489 e. The molecule has 0 atom stereocenters. The highest BCUT2D eigenvalue weighted by atomic mass is 35.5. The first kappa shape index (κ1) is 24.4. The molecular formula is C24H33ClN4O3. The number of carbonyl (C=O) groups excluding carboxylic acids is 1. The highest BCUT2D eigenvalue weighted by Crippen LogP contribution is 2.47. The second kappa shape index (κ2) is 9.73. The van der Waals surface area contributed by atoms with Crippen LogP contribution in [0.4, 0.5) is 5.69 Å². The first-order valence-electron chi connectivity index (χ1n) is 11.2. The molecule has 32 heavy (non-hydrogen) atoms. The molecule has 4 rings (SSSR count). The predicted molar refractivity (Wildman–Crippen MR) is 126 cm³/mol. The molecule has 3 heterocycles. The first-order chi connectivity index (χ1) is 15.2. The van der Waals surface area contributed by atoms with Gasteiger partial charge in [-0.1, -0.05) is 25.4 Å². The van der Waals surface area contributed by atoms with Crippen molar-refractivity contribution in [3.8, 4) is 5.75 Å². The summed E-state index contributed by atoms with van der Waals surface area (Å²) >= 11 is 6.28. The minimum atomic E-state index is -1.07. The maximum atomic E-state index is 12.8. The average Bonchev–Trinajstić information content (AvgIpc) is 3.03. The molecule has 174 valence electrons. The third kappa shape index (κ3) is 4.90. The van der Waals surface area contributed by atoms with Crippen LogP contribution in [0.1, 0.15) is 57.5 Å². The maximum absolute atomic E-state index is 12.8. The smallest absolute Gasteiger partial charge is 0.235 e. The Morgan fingerprint density at radius 2 is 1.84 bits per heavy atom. The number of ether oxygens (including phenoxy) is 1. The average molecular weight is 461 g/mol. The van der Waals surface area contributed by atoms with Gasteiger partial charge in [-0.2, -0.15) is 0 Å². The molecule has 1 aromatic heterocycles. The van der Waals surface area contributed by atoms with E-state index in [1.165, 1.54) is 0 Å². The van der Waals surface area contributed by atoms with Gasteiger partial charge in [0.15, 0.2) is 11.6 Å². The summed E-state index contributed by atoms with van der Waals surface area (Å²) in [6.07, 6.45) is 4.68. The molecule has 2 N–H and O–H groups in total. The summed E-state index contributed by atoms with van der Waals surface area (Å²) in [4.78, 5) is 23.5. The molecule has 7 nitrogen and oxygen atoms in total. The lowest BCUT2D eigenvalue weighted by Gasteiger charge is -2.38. The third-order valence-corrected chi connectivity index (χ3v) is 6.27. The number of amides is 1. The Bertz CT molecular complexity index is 949. The Balaban J connectivity index is 0.00000141. The number of fused-ring (bicyclic) bond motifs is 2. The van der Waals surface area contributed by atoms with E-state index >= 15 is 0 Å². The van der Waals surface area contributed by atoms with Crippen molar-refractivity contribution in [2.45, 2.75) is 58.5 Å². The molecule has 0 unspecified atom stereocenters. The minimum absolute atomic E-state index is 0.0859. The molecule has 0 bridgehead atoms. The number of nitrogens with zero attached hydrogens (tertiary/aromatic N) is 3. The van der Waals surface area contributed by atoms with Gasteiger partial charge in [0.1, 0.15) is 12.2 Å². The normalized spacial score (nSPS) is 17.4. The Morgan fingerprint density at radius 1 is 1.22 bits per heavy atom. The zero-order valence-corrected chi connectivity index (χ0v) is 20.3. The summed E-state index contributed by atoms with van der Waals surface area (Å²) in [6, 6.07) is 3.84. The van der Waals surface area contributed by atoms with E-state index in [9.17, 15) is 9.90 Å². The van der Waals surface area contributed by atoms with Crippen LogP contribution in [0.15, 0.2) is 24.5 Å². The molecule has 1 spiro atoms. The number of aliphatic hydroxyl groups is 1. The maximum Gasteiger partial charge on any atom is 0.235 e. The number of likely N-dealkylation sites (tertiary alicyclic amines) is 1. The van der Waals surface area contributed by atoms with E-state index in [0.29, 0.717) is 23.2 Å². The number of aromatic nitrogens is 2. The standard InChI is InChI=1S/C22H27ClN4O3.C2H6/c1-14-10-15(23)11-17-18(14)26-20(28)22(17)4-6-27(7-5-22)8-9-30-16-12-24-19(25-13-16)21(2,3)29;1-2/h10-13,29H,4-9H2,1-3H3,(H,26,28);1-2H3. The van der Waals surface area contributed by atoms with Crippen LogP contribution in [0.25, 0.3) is 0 Å². The van der Waals surface area contributed by atoms with Crippen molar-refractivity contribution in [3.63, 3.8) is 0 Å². The Morgan fingerprint density at radius 3 is 2.44 bits per heavy atom. The molecule has 2 aliphatic rings. The lowest BCUT2D eigenvalue weighted by molar-refractivity contribution is -0.122. The van der Waals surface area contributed by atoms with Gasteiger partial charge >= 0.3 is 0 Å². The summed E-state index contributed by atoms with van der Waals surface area (Å²) in [7, 11) is 0. The number of benzene rings is 1. The fourth-order valence-electron chi connectivity index (χ4n) is 4.30. The van der Waals surface area contributed by atoms with Crippen molar-refractivity contribution in [1.29, 1.82) is 0 Å². The van der Waals surface area contributed by atoms with Gasteiger partial charge in [0.05, 0.1) is 17.8 Å². The molecule has 0 radical (unpaired) electrons. The summed E-state index contributed by atoms with van der Waals surface area (Å²) in [6.45, 7) is 12.2. The quantitative estimate of drug-likeness (QED) is 0.699. The van der Waals surface area contributed by atoms with Gasteiger partial charge in [-0.25, -0.2) is 9.97 Å². The Hall–Kier alpha value is -2.22. The number of nitrogens with one attached hydrogen (secondary N) is 1. The van der Waals surface area contributed by atoms with Gasteiger partial charge in [0.2, 0.25) is 5.91 Å². The van der Waals surface area contributed by atoms with Crippen molar-refractivity contribution < 1.29 is 14.6 Å². The molecule has 0 saturated carbocycles. The molecule has 1 fully saturated rings. The predicted octanol–water partition coefficient (Wildman–Crippen LogP) is 4.06. The van der Waals surface area contributed by atoms with Gasteiger partial charge in [-0.15, -0.1) is 0 Å². The highest BCUT2D eigenvalue weighted by molar-refractivity contribution is 6.31. The molecule has 0 aliphatic carbocycles. The number of piperidine rings is 1. The van der Waals surface area contributed by atoms with Crippen LogP contribution in [-0.2, 0) is 15.8 Å². The van der Waals surface area contributed by atoms with Crippen molar-refractivity contribution in [2.24, 2.45) is 0 Å². The van der Waals surface area contributed by atoms with Crippen LogP contribution in [0.5, 0.6) is 5.75 Å². The fourth-order valence-corrected chi connectivity index (χ4v) is 4.57. The van der Waals surface area contributed by atoms with Gasteiger partial charge in [-0.05, 0) is 70.0 Å². The van der Waals surface area contributed by atoms with E-state index in [1.807, 2.05) is 32.9 Å². The number of carbonyl (C=O) groups is 1. The molecule has 2 aliphatic heterocycles. The van der Waals surface area contributed by atoms with Crippen LogP contribution in [0.2, 0.25) is 5.02 Å². The summed E-state index contributed by atoms with van der Waals surface area (Å²) in [5.41, 5.74) is 1.42. The van der Waals surface area contributed by atoms with Gasteiger partial charge in [0, 0.05) is 17.3 Å². The monoisotopic (exact) mass is 460 g/mol. The molecule has 2 aromatic rings. The number of halogens is 1. The summed E-state index contributed by atoms with van der Waals surface area (Å²) in [5.74, 6) is 1.02. The summed E-state index contributed by atoms with van der Waals surface area (Å²) in [5, 5.41) is 13.7. The fraction of sp³-hybridized carbons (Fsp3) is 0.542. The zero-order valence-electron chi connectivity index (χ0n) is 19.5. The molecular weight excluding hydrogens is 428 g/mol. The topological polar surface area (TPSA) is 87.6 Å². The lowest BCUT2D eigenvalue weighted by Crippen LogP contribution is -2.47. The number of rotatable bonds is 5. The zero-order chi connectivity index (χ0) is 23.5. The van der Waals surface area contributed by atoms with E-state index in [-0.39, 0.29) is 5.91 Å². The van der Waals surface area contributed by atoms with Crippen LogP contribution >= 0.6 is 11.6 Å². The van der Waals surface area contributed by atoms with Gasteiger partial charge in [0.25, 0.3) is 0 Å². The van der Waals surface area contributed by atoms with E-state index in [1.54, 1.807) is 26.2 Å². The number of hydrogen-bond acceptors (Lipinski definition) is 6. The number of hydrogen-bond donors (Lipinski definition) is 2. The van der Waals surface area contributed by atoms with Crippen LogP contribution in [0.3, 0.4) is 0 Å². The SMILES string of the molecule is CC.Cc1cc(Cl)cc2c1NC(=O)C21CCN(CCOc2cnc(C(C)(C)O)nc2)CC1. The molecule has 1 saturated heterocycles. The lowest BCUT2D eigenvalue weighted by atomic mass is 9.73. The van der Waals surface area contributed by atoms with Crippen molar-refractivity contribution in [1.82, 2.24) is 14.9 Å². The number of anilines is 1. The van der Waals surface area contributed by atoms with Crippen molar-refractivity contribution in [3.05, 3.63) is 46.5 Å². The van der Waals surface area contributed by atoms with E-state index < -0.39 is 11.0 Å². The third-order valence-electron chi connectivity index (χ3n) is 6.05. The van der Waals surface area contributed by atoms with Crippen LogP contribution < -0.4 is 10.1 Å². The number of aryl methyl sites for hydroxylation is 1. The van der Waals surface area contributed by atoms with E-state index in [2.05, 4.69) is 20.2 Å². The van der Waals surface area contributed by atoms with Gasteiger partial charge in [-0.3, -0.25) is 9.69 Å². The Labute approximate surface area is 195 Å². The molecule has 8 heteroatoms. The molecule has 1 aromatic carbocycles. The molecule has 1 amide bonds. The second-order valence-electron chi connectivity index (χ2n) is 8.67. The van der Waals surface area contributed by atoms with Crippen LogP contribution in [-0.4, -0.2) is 52.1 Å². The highest BCUT2D eigenvalue weighted by Gasteiger charge is 2.48. The van der Waals surface area contributed by atoms with E-state index in [0.717, 1.165) is 49.3 Å². The van der Waals surface area contributed by atoms with E-state index in [4.69, 9.17) is 16.3 Å². The summed E-state index contributed by atoms with van der Waals surface area (Å²) < 4.78 is 5.76. The largest absolute Gasteiger partial charge is 0.489 e. The first-order valence-corrected chi connectivity index (χ1v) is 11.6.